The van der Waals surface area contributed by atoms with E-state index in [4.69, 9.17) is 0 Å². The molecule has 2 aromatic carbocycles. The van der Waals surface area contributed by atoms with Crippen LogP contribution in [0.2, 0.25) is 0 Å². The second-order valence-electron chi connectivity index (χ2n) is 6.15. The van der Waals surface area contributed by atoms with Crippen LogP contribution in [0.4, 0.5) is 14.5 Å². The van der Waals surface area contributed by atoms with E-state index in [0.717, 1.165) is 24.0 Å². The number of rotatable bonds is 4. The topological polar surface area (TPSA) is 62.5 Å². The van der Waals surface area contributed by atoms with Crippen molar-refractivity contribution in [2.24, 2.45) is 0 Å². The van der Waals surface area contributed by atoms with Gasteiger partial charge in [-0.1, -0.05) is 12.1 Å². The Morgan fingerprint density at radius 1 is 1.04 bits per heavy atom. The number of carboxylic acids is 1. The minimum Gasteiger partial charge on any atom is -0.477 e. The Balaban J connectivity index is 2.28. The van der Waals surface area contributed by atoms with Crippen LogP contribution in [0.1, 0.15) is 10.4 Å². The van der Waals surface area contributed by atoms with Gasteiger partial charge in [-0.2, -0.15) is 0 Å². The van der Waals surface area contributed by atoms with Crippen LogP contribution in [0.3, 0.4) is 0 Å². The van der Waals surface area contributed by atoms with Gasteiger partial charge in [0.15, 0.2) is 5.43 Å². The molecule has 0 aliphatic heterocycles. The van der Waals surface area contributed by atoms with Crippen molar-refractivity contribution in [3.05, 3.63) is 82.1 Å². The van der Waals surface area contributed by atoms with Gasteiger partial charge < -0.3 is 14.6 Å². The van der Waals surface area contributed by atoms with Gasteiger partial charge >= 0.3 is 5.97 Å². The molecule has 3 aromatic rings. The quantitative estimate of drug-likeness (QED) is 0.763. The van der Waals surface area contributed by atoms with Crippen molar-refractivity contribution in [2.75, 3.05) is 19.0 Å². The lowest BCUT2D eigenvalue weighted by Crippen LogP contribution is -2.18. The first-order valence-electron chi connectivity index (χ1n) is 8.01. The van der Waals surface area contributed by atoms with Gasteiger partial charge in [-0.05, 0) is 29.8 Å². The number of anilines is 1. The maximum absolute atomic E-state index is 14.3. The van der Waals surface area contributed by atoms with Crippen molar-refractivity contribution in [1.82, 2.24) is 4.57 Å². The summed E-state index contributed by atoms with van der Waals surface area (Å²) in [6.45, 7) is 0. The lowest BCUT2D eigenvalue weighted by atomic mass is 10.1. The van der Waals surface area contributed by atoms with E-state index < -0.39 is 28.6 Å². The fourth-order valence-electron chi connectivity index (χ4n) is 2.72. The Morgan fingerprint density at radius 2 is 1.70 bits per heavy atom. The molecule has 0 atom stereocenters. The normalized spacial score (nSPS) is 10.7. The van der Waals surface area contributed by atoms with Crippen LogP contribution in [-0.2, 0) is 0 Å². The summed E-state index contributed by atoms with van der Waals surface area (Å²) in [7, 11) is 3.75. The highest BCUT2D eigenvalue weighted by molar-refractivity contribution is 5.88. The van der Waals surface area contributed by atoms with Crippen LogP contribution in [0.25, 0.3) is 16.9 Å². The molecule has 7 heteroatoms. The minimum atomic E-state index is -1.43. The first kappa shape index (κ1) is 18.3. The summed E-state index contributed by atoms with van der Waals surface area (Å²) in [5.41, 5.74) is 0.521. The first-order valence-corrected chi connectivity index (χ1v) is 8.01. The molecule has 0 fully saturated rings. The number of hydrogen-bond donors (Lipinski definition) is 1. The Morgan fingerprint density at radius 3 is 2.26 bits per heavy atom. The second kappa shape index (κ2) is 7.03. The Bertz CT molecular complexity index is 1070. The fraction of sp³-hybridized carbons (Fsp3) is 0.100. The summed E-state index contributed by atoms with van der Waals surface area (Å²) in [6.07, 6.45) is 1.05. The molecule has 1 heterocycles. The number of aromatic carboxylic acids is 1. The zero-order chi connectivity index (χ0) is 19.7. The summed E-state index contributed by atoms with van der Waals surface area (Å²) in [6, 6.07) is 11.2. The molecular formula is C20H16F2N2O3. The van der Waals surface area contributed by atoms with Crippen molar-refractivity contribution < 1.29 is 18.7 Å². The van der Waals surface area contributed by atoms with E-state index in [1.807, 2.05) is 31.1 Å². The van der Waals surface area contributed by atoms with Gasteiger partial charge in [0, 0.05) is 38.1 Å². The highest BCUT2D eigenvalue weighted by atomic mass is 19.1. The molecule has 27 heavy (non-hydrogen) atoms. The van der Waals surface area contributed by atoms with E-state index in [0.29, 0.717) is 17.3 Å². The van der Waals surface area contributed by atoms with E-state index in [1.54, 1.807) is 12.1 Å². The standard InChI is InChI=1S/C20H16F2N2O3/c1-23(2)14-6-3-12(4-7-14)18-10-19(25)15(20(26)27)11-24(18)17-8-5-13(21)9-16(17)22/h3-11H,1-2H3,(H,26,27). The Labute approximate surface area is 153 Å². The summed E-state index contributed by atoms with van der Waals surface area (Å²) in [4.78, 5) is 25.4. The summed E-state index contributed by atoms with van der Waals surface area (Å²) in [5.74, 6) is -3.06. The SMILES string of the molecule is CN(C)c1ccc(-c2cc(=O)c(C(=O)O)cn2-c2ccc(F)cc2F)cc1. The number of aromatic nitrogens is 1. The smallest absolute Gasteiger partial charge is 0.341 e. The third kappa shape index (κ3) is 3.57. The van der Waals surface area contributed by atoms with E-state index in [-0.39, 0.29) is 5.69 Å². The van der Waals surface area contributed by atoms with Crippen molar-refractivity contribution in [1.29, 1.82) is 0 Å². The van der Waals surface area contributed by atoms with Crippen LogP contribution < -0.4 is 10.3 Å². The van der Waals surface area contributed by atoms with Gasteiger partial charge in [0.05, 0.1) is 11.4 Å². The Kier molecular flexibility index (Phi) is 4.77. The maximum Gasteiger partial charge on any atom is 0.341 e. The average molecular weight is 370 g/mol. The second-order valence-corrected chi connectivity index (χ2v) is 6.15. The van der Waals surface area contributed by atoms with Crippen LogP contribution >= 0.6 is 0 Å². The summed E-state index contributed by atoms with van der Waals surface area (Å²) < 4.78 is 28.9. The van der Waals surface area contributed by atoms with E-state index in [2.05, 4.69) is 0 Å². The number of carboxylic acid groups (broad SMARTS) is 1. The van der Waals surface area contributed by atoms with Crippen molar-refractivity contribution in [2.45, 2.75) is 0 Å². The number of halogens is 2. The molecule has 3 rings (SSSR count). The van der Waals surface area contributed by atoms with E-state index >= 15 is 0 Å². The molecule has 0 saturated heterocycles. The largest absolute Gasteiger partial charge is 0.477 e. The van der Waals surface area contributed by atoms with Crippen molar-refractivity contribution in [3.8, 4) is 16.9 Å². The summed E-state index contributed by atoms with van der Waals surface area (Å²) in [5, 5.41) is 9.24. The molecule has 0 spiro atoms. The molecule has 0 saturated carbocycles. The lowest BCUT2D eigenvalue weighted by Gasteiger charge is -2.17. The monoisotopic (exact) mass is 370 g/mol. The molecule has 0 aliphatic carbocycles. The minimum absolute atomic E-state index is 0.0643. The number of pyridine rings is 1. The zero-order valence-electron chi connectivity index (χ0n) is 14.6. The molecule has 0 bridgehead atoms. The predicted octanol–water partition coefficient (Wildman–Crippen LogP) is 3.55. The van der Waals surface area contributed by atoms with Gasteiger partial charge in [-0.25, -0.2) is 13.6 Å². The van der Waals surface area contributed by atoms with Crippen LogP contribution in [-0.4, -0.2) is 29.7 Å². The number of carbonyl (C=O) groups is 1. The molecule has 0 radical (unpaired) electrons. The predicted molar refractivity (Wildman–Crippen MR) is 98.7 cm³/mol. The van der Waals surface area contributed by atoms with Crippen molar-refractivity contribution in [3.63, 3.8) is 0 Å². The third-order valence-electron chi connectivity index (χ3n) is 4.13. The van der Waals surface area contributed by atoms with Gasteiger partial charge in [-0.15, -0.1) is 0 Å². The lowest BCUT2D eigenvalue weighted by molar-refractivity contribution is 0.0695. The molecule has 0 unspecified atom stereocenters. The molecule has 138 valence electrons. The first-order chi connectivity index (χ1) is 12.8. The summed E-state index contributed by atoms with van der Waals surface area (Å²) >= 11 is 0. The van der Waals surface area contributed by atoms with Crippen molar-refractivity contribution >= 4 is 11.7 Å². The number of benzene rings is 2. The highest BCUT2D eigenvalue weighted by Crippen LogP contribution is 2.26. The van der Waals surface area contributed by atoms with E-state index in [9.17, 15) is 23.5 Å². The average Bonchev–Trinajstić information content (AvgIpc) is 2.61. The number of nitrogens with zero attached hydrogens (tertiary/aromatic N) is 2. The Hall–Kier alpha value is -3.48. The maximum atomic E-state index is 14.3. The molecular weight excluding hydrogens is 354 g/mol. The number of hydrogen-bond acceptors (Lipinski definition) is 3. The van der Waals surface area contributed by atoms with Gasteiger partial charge in [0.1, 0.15) is 17.2 Å². The molecule has 1 N–H and O–H groups in total. The van der Waals surface area contributed by atoms with Crippen LogP contribution in [0.5, 0.6) is 0 Å². The van der Waals surface area contributed by atoms with Gasteiger partial charge in [0.2, 0.25) is 0 Å². The van der Waals surface area contributed by atoms with Crippen LogP contribution in [0.15, 0.2) is 59.5 Å². The molecule has 0 amide bonds. The third-order valence-corrected chi connectivity index (χ3v) is 4.13. The fourth-order valence-corrected chi connectivity index (χ4v) is 2.72. The van der Waals surface area contributed by atoms with E-state index in [1.165, 1.54) is 10.6 Å². The molecule has 5 nitrogen and oxygen atoms in total. The zero-order valence-corrected chi connectivity index (χ0v) is 14.6. The van der Waals surface area contributed by atoms with Gasteiger partial charge in [0.25, 0.3) is 0 Å². The molecule has 0 aliphatic rings. The molecule has 1 aromatic heterocycles. The van der Waals surface area contributed by atoms with Gasteiger partial charge in [-0.3, -0.25) is 4.79 Å². The highest BCUT2D eigenvalue weighted by Gasteiger charge is 2.17. The van der Waals surface area contributed by atoms with Crippen LogP contribution in [0, 0.1) is 11.6 Å².